The van der Waals surface area contributed by atoms with Gasteiger partial charge in [0.05, 0.1) is 11.0 Å². The minimum absolute atomic E-state index is 0.194. The smallest absolute Gasteiger partial charge is 0.255 e. The molecule has 4 aromatic rings. The number of pyridine rings is 2. The van der Waals surface area contributed by atoms with Crippen LogP contribution in [0.5, 0.6) is 0 Å². The zero-order valence-electron chi connectivity index (χ0n) is 11.7. The van der Waals surface area contributed by atoms with Crippen LogP contribution in [0.3, 0.4) is 0 Å². The van der Waals surface area contributed by atoms with Crippen molar-refractivity contribution in [2.45, 2.75) is 4.90 Å². The zero-order valence-corrected chi connectivity index (χ0v) is 14.7. The highest BCUT2D eigenvalue weighted by molar-refractivity contribution is 14.1. The van der Waals surface area contributed by atoms with Crippen molar-refractivity contribution in [3.63, 3.8) is 0 Å². The Morgan fingerprint density at radius 1 is 1.00 bits per heavy atom. The molecule has 0 radical (unpaired) electrons. The molecule has 1 aromatic carbocycles. The lowest BCUT2D eigenvalue weighted by molar-refractivity contribution is 0.590. The van der Waals surface area contributed by atoms with Crippen LogP contribution in [0.1, 0.15) is 0 Å². The molecular weight excluding hydrogens is 425 g/mol. The molecule has 23 heavy (non-hydrogen) atoms. The van der Waals surface area contributed by atoms with Gasteiger partial charge in [0, 0.05) is 29.4 Å². The summed E-state index contributed by atoms with van der Waals surface area (Å²) in [5, 5.41) is 1.57. The van der Waals surface area contributed by atoms with Crippen molar-refractivity contribution in [2.75, 3.05) is 0 Å². The van der Waals surface area contributed by atoms with Crippen LogP contribution in [-0.4, -0.2) is 22.4 Å². The monoisotopic (exact) mass is 435 g/mol. The summed E-state index contributed by atoms with van der Waals surface area (Å²) >= 11 is 2.07. The van der Waals surface area contributed by atoms with Crippen LogP contribution in [0.4, 0.5) is 0 Å². The van der Waals surface area contributed by atoms with E-state index in [-0.39, 0.29) is 4.90 Å². The third kappa shape index (κ3) is 2.31. The van der Waals surface area contributed by atoms with Gasteiger partial charge in [-0.25, -0.2) is 17.4 Å². The van der Waals surface area contributed by atoms with E-state index in [0.29, 0.717) is 11.0 Å². The summed E-state index contributed by atoms with van der Waals surface area (Å²) in [4.78, 5) is 8.63. The SMILES string of the molecule is O=S(=O)(c1cccc2cccnc12)n1ccc2cnc(I)cc21. The van der Waals surface area contributed by atoms with E-state index in [4.69, 9.17) is 0 Å². The van der Waals surface area contributed by atoms with Gasteiger partial charge in [-0.3, -0.25) is 4.98 Å². The molecule has 3 heterocycles. The van der Waals surface area contributed by atoms with Crippen molar-refractivity contribution in [1.82, 2.24) is 13.9 Å². The van der Waals surface area contributed by atoms with E-state index in [1.165, 1.54) is 3.97 Å². The first-order valence-corrected chi connectivity index (χ1v) is 9.31. The summed E-state index contributed by atoms with van der Waals surface area (Å²) in [6.07, 6.45) is 4.83. The van der Waals surface area contributed by atoms with E-state index in [0.717, 1.165) is 14.5 Å². The van der Waals surface area contributed by atoms with E-state index in [1.54, 1.807) is 48.9 Å². The van der Waals surface area contributed by atoms with Gasteiger partial charge in [0.1, 0.15) is 8.60 Å². The Balaban J connectivity index is 2.04. The average molecular weight is 435 g/mol. The van der Waals surface area contributed by atoms with Gasteiger partial charge in [-0.2, -0.15) is 0 Å². The number of hydrogen-bond acceptors (Lipinski definition) is 4. The number of hydrogen-bond donors (Lipinski definition) is 0. The predicted molar refractivity (Wildman–Crippen MR) is 96.8 cm³/mol. The molecule has 114 valence electrons. The highest BCUT2D eigenvalue weighted by Crippen LogP contribution is 2.26. The van der Waals surface area contributed by atoms with E-state index in [9.17, 15) is 8.42 Å². The van der Waals surface area contributed by atoms with Crippen LogP contribution in [-0.2, 0) is 10.0 Å². The maximum atomic E-state index is 13.1. The molecule has 3 aromatic heterocycles. The second kappa shape index (κ2) is 5.27. The Hall–Kier alpha value is -2.00. The third-order valence-electron chi connectivity index (χ3n) is 3.64. The predicted octanol–water partition coefficient (Wildman–Crippen LogP) is 3.43. The quantitative estimate of drug-likeness (QED) is 0.358. The first-order chi connectivity index (χ1) is 11.1. The zero-order chi connectivity index (χ0) is 16.0. The molecule has 0 saturated carbocycles. The van der Waals surface area contributed by atoms with Crippen LogP contribution >= 0.6 is 22.6 Å². The molecule has 0 amide bonds. The minimum atomic E-state index is -3.74. The highest BCUT2D eigenvalue weighted by Gasteiger charge is 2.22. The van der Waals surface area contributed by atoms with Gasteiger partial charge in [0.25, 0.3) is 10.0 Å². The maximum absolute atomic E-state index is 13.1. The molecule has 0 saturated heterocycles. The summed E-state index contributed by atoms with van der Waals surface area (Å²) in [6.45, 7) is 0. The molecule has 0 unspecified atom stereocenters. The van der Waals surface area contributed by atoms with Crippen LogP contribution in [0.2, 0.25) is 0 Å². The van der Waals surface area contributed by atoms with Crippen LogP contribution in [0.25, 0.3) is 21.8 Å². The summed E-state index contributed by atoms with van der Waals surface area (Å²) < 4.78 is 28.3. The molecule has 4 rings (SSSR count). The summed E-state index contributed by atoms with van der Waals surface area (Å²) in [6, 6.07) is 12.3. The number of halogens is 1. The minimum Gasteiger partial charge on any atom is -0.255 e. The number of benzene rings is 1. The third-order valence-corrected chi connectivity index (χ3v) is 5.95. The van der Waals surface area contributed by atoms with Gasteiger partial charge in [-0.15, -0.1) is 0 Å². The van der Waals surface area contributed by atoms with Crippen molar-refractivity contribution in [2.24, 2.45) is 0 Å². The van der Waals surface area contributed by atoms with Crippen LogP contribution < -0.4 is 0 Å². The molecule has 5 nitrogen and oxygen atoms in total. The number of para-hydroxylation sites is 1. The summed E-state index contributed by atoms with van der Waals surface area (Å²) in [5.41, 5.74) is 1.08. The molecule has 0 aliphatic carbocycles. The number of fused-ring (bicyclic) bond motifs is 2. The van der Waals surface area contributed by atoms with E-state index < -0.39 is 10.0 Å². The summed E-state index contributed by atoms with van der Waals surface area (Å²) in [5.74, 6) is 0. The molecule has 0 fully saturated rings. The van der Waals surface area contributed by atoms with Gasteiger partial charge in [0.15, 0.2) is 0 Å². The normalized spacial score (nSPS) is 12.0. The van der Waals surface area contributed by atoms with E-state index in [1.807, 2.05) is 12.1 Å². The first kappa shape index (κ1) is 14.6. The van der Waals surface area contributed by atoms with Crippen LogP contribution in [0, 0.1) is 3.70 Å². The Bertz CT molecular complexity index is 1150. The van der Waals surface area contributed by atoms with Gasteiger partial charge in [-0.1, -0.05) is 18.2 Å². The highest BCUT2D eigenvalue weighted by atomic mass is 127. The maximum Gasteiger partial charge on any atom is 0.270 e. The van der Waals surface area contributed by atoms with Crippen LogP contribution in [0.15, 0.2) is 66.0 Å². The Kier molecular flexibility index (Phi) is 3.34. The number of nitrogens with zero attached hydrogens (tertiary/aromatic N) is 3. The fourth-order valence-corrected chi connectivity index (χ4v) is 4.53. The number of rotatable bonds is 2. The molecule has 0 N–H and O–H groups in total. The van der Waals surface area contributed by atoms with Gasteiger partial charge < -0.3 is 0 Å². The standard InChI is InChI=1S/C16H10IN3O2S/c17-15-9-13-12(10-19-15)6-8-20(13)23(21,22)14-5-1-3-11-4-2-7-18-16(11)14/h1-10H. The Labute approximate surface area is 146 Å². The lowest BCUT2D eigenvalue weighted by Crippen LogP contribution is -2.12. The lowest BCUT2D eigenvalue weighted by atomic mass is 10.2. The van der Waals surface area contributed by atoms with Crippen molar-refractivity contribution in [3.05, 3.63) is 64.8 Å². The topological polar surface area (TPSA) is 64.8 Å². The molecule has 0 spiro atoms. The second-order valence-corrected chi connectivity index (χ2v) is 7.90. The first-order valence-electron chi connectivity index (χ1n) is 6.79. The fourth-order valence-electron chi connectivity index (χ4n) is 2.58. The van der Waals surface area contributed by atoms with Crippen molar-refractivity contribution < 1.29 is 8.42 Å². The lowest BCUT2D eigenvalue weighted by Gasteiger charge is -2.10. The molecule has 0 aliphatic rings. The molecule has 0 atom stereocenters. The molecular formula is C16H10IN3O2S. The fraction of sp³-hybridized carbons (Fsp3) is 0. The molecule has 7 heteroatoms. The van der Waals surface area contributed by atoms with E-state index >= 15 is 0 Å². The Morgan fingerprint density at radius 2 is 1.83 bits per heavy atom. The van der Waals surface area contributed by atoms with Gasteiger partial charge >= 0.3 is 0 Å². The number of aromatic nitrogens is 3. The van der Waals surface area contributed by atoms with Crippen molar-refractivity contribution in [3.8, 4) is 0 Å². The van der Waals surface area contributed by atoms with E-state index in [2.05, 4.69) is 32.6 Å². The Morgan fingerprint density at radius 3 is 2.70 bits per heavy atom. The largest absolute Gasteiger partial charge is 0.270 e. The average Bonchev–Trinajstić information content (AvgIpc) is 2.98. The van der Waals surface area contributed by atoms with Gasteiger partial charge in [-0.05, 0) is 46.9 Å². The summed E-state index contributed by atoms with van der Waals surface area (Å²) in [7, 11) is -3.74. The molecule has 0 aliphatic heterocycles. The van der Waals surface area contributed by atoms with Gasteiger partial charge in [0.2, 0.25) is 0 Å². The molecule has 0 bridgehead atoms. The second-order valence-electron chi connectivity index (χ2n) is 5.01. The van der Waals surface area contributed by atoms with Crippen molar-refractivity contribution >= 4 is 54.4 Å². The van der Waals surface area contributed by atoms with Crippen molar-refractivity contribution in [1.29, 1.82) is 0 Å².